The summed E-state index contributed by atoms with van der Waals surface area (Å²) in [4.78, 5) is 45.8. The number of imidazole rings is 1. The summed E-state index contributed by atoms with van der Waals surface area (Å²) in [6, 6.07) is 5.85. The molecule has 1 aromatic heterocycles. The van der Waals surface area contributed by atoms with Gasteiger partial charge in [0.2, 0.25) is 5.91 Å². The van der Waals surface area contributed by atoms with Gasteiger partial charge in [-0.05, 0) is 78.3 Å². The van der Waals surface area contributed by atoms with Crippen molar-refractivity contribution in [2.75, 3.05) is 6.54 Å². The number of aromatic nitrogens is 2. The van der Waals surface area contributed by atoms with Gasteiger partial charge in [-0.15, -0.1) is 0 Å². The van der Waals surface area contributed by atoms with Crippen molar-refractivity contribution in [2.45, 2.75) is 72.0 Å². The fourth-order valence-corrected chi connectivity index (χ4v) is 7.48. The number of carboxylic acids is 1. The standard InChI is InChI=1S/C33H36F2N4O4/c1-17-8-7-9-18(2)27(17)19-12-20(29(35)22(34)13-19)23(14-26(40)41)37-31(42)30-28-21(33(28,3)4)16-39(30)32(43)24-15-36-25-10-5-6-11-38(24)25/h7-9,12-13,15,21,23,28,30H,5-6,10-11,14,16H2,1-4H3,(H,37,42)(H,40,41)/t21?,23-,28?,30-/m0/s1. The number of carbonyl (C=O) groups excluding carboxylic acids is 2. The molecule has 0 radical (unpaired) electrons. The highest BCUT2D eigenvalue weighted by molar-refractivity contribution is 5.97. The number of amides is 2. The van der Waals surface area contributed by atoms with Crippen molar-refractivity contribution in [2.24, 2.45) is 17.3 Å². The highest BCUT2D eigenvalue weighted by Gasteiger charge is 2.69. The average Bonchev–Trinajstić information content (AvgIpc) is 3.32. The van der Waals surface area contributed by atoms with Crippen LogP contribution in [0.3, 0.4) is 0 Å². The zero-order chi connectivity index (χ0) is 30.8. The van der Waals surface area contributed by atoms with Gasteiger partial charge in [0, 0.05) is 25.1 Å². The van der Waals surface area contributed by atoms with Crippen molar-refractivity contribution in [3.05, 3.63) is 76.4 Å². The molecule has 4 atom stereocenters. The summed E-state index contributed by atoms with van der Waals surface area (Å²) < 4.78 is 32.4. The van der Waals surface area contributed by atoms with E-state index in [0.29, 0.717) is 29.9 Å². The number of halogens is 2. The molecule has 1 saturated heterocycles. The van der Waals surface area contributed by atoms with Crippen LogP contribution in [-0.2, 0) is 22.6 Å². The number of fused-ring (bicyclic) bond motifs is 2. The number of nitrogens with zero attached hydrogens (tertiary/aromatic N) is 3. The maximum atomic E-state index is 15.4. The Labute approximate surface area is 249 Å². The molecule has 2 aliphatic heterocycles. The molecule has 2 aromatic carbocycles. The number of hydrogen-bond acceptors (Lipinski definition) is 4. The van der Waals surface area contributed by atoms with Gasteiger partial charge in [0.15, 0.2) is 11.6 Å². The van der Waals surface area contributed by atoms with Gasteiger partial charge >= 0.3 is 5.97 Å². The molecule has 3 heterocycles. The van der Waals surface area contributed by atoms with E-state index in [2.05, 4.69) is 10.3 Å². The Balaban J connectivity index is 1.34. The third-order valence-corrected chi connectivity index (χ3v) is 9.82. The largest absolute Gasteiger partial charge is 0.481 e. The van der Waals surface area contributed by atoms with Gasteiger partial charge < -0.3 is 19.9 Å². The lowest BCUT2D eigenvalue weighted by Gasteiger charge is -2.32. The quantitative estimate of drug-likeness (QED) is 0.393. The Bertz CT molecular complexity index is 1630. The lowest BCUT2D eigenvalue weighted by atomic mass is 9.92. The van der Waals surface area contributed by atoms with E-state index in [9.17, 15) is 19.5 Å². The maximum absolute atomic E-state index is 15.4. The summed E-state index contributed by atoms with van der Waals surface area (Å²) in [6.45, 7) is 8.87. The van der Waals surface area contributed by atoms with Crippen LogP contribution in [0.5, 0.6) is 0 Å². The number of nitrogens with one attached hydrogen (secondary N) is 1. The number of piperidine rings is 1. The lowest BCUT2D eigenvalue weighted by molar-refractivity contribution is -0.138. The first-order valence-electron chi connectivity index (χ1n) is 14.8. The normalized spacial score (nSPS) is 22.5. The molecule has 8 nitrogen and oxygen atoms in total. The van der Waals surface area contributed by atoms with Crippen LogP contribution in [0.1, 0.15) is 72.2 Å². The third kappa shape index (κ3) is 4.90. The molecular weight excluding hydrogens is 554 g/mol. The second-order valence-corrected chi connectivity index (χ2v) is 12.8. The first-order chi connectivity index (χ1) is 20.4. The van der Waals surface area contributed by atoms with E-state index in [4.69, 9.17) is 0 Å². The zero-order valence-corrected chi connectivity index (χ0v) is 24.8. The molecule has 1 aliphatic carbocycles. The number of rotatable bonds is 7. The SMILES string of the molecule is Cc1cccc(C)c1-c1cc(F)c(F)c([C@H](CC(=O)O)NC(=O)[C@@H]2C3C(CN2C(=O)c2cnc4n2CCCC4)C3(C)C)c1. The number of aryl methyl sites for hydroxylation is 3. The fourth-order valence-electron chi connectivity index (χ4n) is 7.48. The van der Waals surface area contributed by atoms with Crippen molar-refractivity contribution in [1.29, 1.82) is 0 Å². The van der Waals surface area contributed by atoms with E-state index in [1.165, 1.54) is 6.07 Å². The van der Waals surface area contributed by atoms with Crippen LogP contribution in [0, 0.1) is 42.7 Å². The third-order valence-electron chi connectivity index (χ3n) is 9.82. The van der Waals surface area contributed by atoms with Gasteiger partial charge in [-0.1, -0.05) is 32.0 Å². The van der Waals surface area contributed by atoms with E-state index in [0.717, 1.165) is 42.3 Å². The highest BCUT2D eigenvalue weighted by Crippen LogP contribution is 2.65. The highest BCUT2D eigenvalue weighted by atomic mass is 19.2. The fraction of sp³-hybridized carbons (Fsp3) is 0.455. The maximum Gasteiger partial charge on any atom is 0.305 e. The van der Waals surface area contributed by atoms with Crippen LogP contribution in [0.15, 0.2) is 36.5 Å². The predicted octanol–water partition coefficient (Wildman–Crippen LogP) is 5.21. The number of carbonyl (C=O) groups is 3. The Morgan fingerprint density at radius 2 is 1.86 bits per heavy atom. The van der Waals surface area contributed by atoms with E-state index >= 15 is 8.78 Å². The summed E-state index contributed by atoms with van der Waals surface area (Å²) in [7, 11) is 0. The first kappa shape index (κ1) is 29.0. The first-order valence-corrected chi connectivity index (χ1v) is 14.8. The van der Waals surface area contributed by atoms with Crippen LogP contribution >= 0.6 is 0 Å². The Hall–Kier alpha value is -4.08. The van der Waals surface area contributed by atoms with Gasteiger partial charge in [-0.2, -0.15) is 0 Å². The molecule has 3 aliphatic rings. The molecule has 0 spiro atoms. The summed E-state index contributed by atoms with van der Waals surface area (Å²) >= 11 is 0. The molecule has 1 saturated carbocycles. The minimum atomic E-state index is -1.36. The van der Waals surface area contributed by atoms with Crippen molar-refractivity contribution in [1.82, 2.24) is 19.8 Å². The molecule has 3 aromatic rings. The van der Waals surface area contributed by atoms with Gasteiger partial charge in [0.05, 0.1) is 18.7 Å². The van der Waals surface area contributed by atoms with Crippen molar-refractivity contribution < 1.29 is 28.3 Å². The monoisotopic (exact) mass is 590 g/mol. The molecule has 2 N–H and O–H groups in total. The number of likely N-dealkylation sites (tertiary alicyclic amines) is 1. The van der Waals surface area contributed by atoms with Crippen molar-refractivity contribution >= 4 is 17.8 Å². The number of aliphatic carboxylic acids is 1. The van der Waals surface area contributed by atoms with E-state index in [-0.39, 0.29) is 28.7 Å². The van der Waals surface area contributed by atoms with Crippen LogP contribution < -0.4 is 5.32 Å². The number of carboxylic acid groups (broad SMARTS) is 1. The molecule has 2 amide bonds. The Kier molecular flexibility index (Phi) is 7.13. The minimum Gasteiger partial charge on any atom is -0.481 e. The van der Waals surface area contributed by atoms with Crippen molar-refractivity contribution in [3.8, 4) is 11.1 Å². The van der Waals surface area contributed by atoms with Gasteiger partial charge in [0.1, 0.15) is 17.6 Å². The molecule has 2 unspecified atom stereocenters. The van der Waals surface area contributed by atoms with Crippen LogP contribution in [0.4, 0.5) is 8.78 Å². The van der Waals surface area contributed by atoms with Crippen molar-refractivity contribution in [3.63, 3.8) is 0 Å². The molecule has 6 rings (SSSR count). The molecule has 2 fully saturated rings. The van der Waals surface area contributed by atoms with Crippen LogP contribution in [0.2, 0.25) is 0 Å². The molecule has 43 heavy (non-hydrogen) atoms. The second-order valence-electron chi connectivity index (χ2n) is 12.8. The van der Waals surface area contributed by atoms with Crippen LogP contribution in [0.25, 0.3) is 11.1 Å². The number of benzene rings is 2. The average molecular weight is 591 g/mol. The van der Waals surface area contributed by atoms with E-state index in [1.54, 1.807) is 11.1 Å². The van der Waals surface area contributed by atoms with Gasteiger partial charge in [-0.25, -0.2) is 13.8 Å². The Morgan fingerprint density at radius 3 is 2.56 bits per heavy atom. The topological polar surface area (TPSA) is 105 Å². The zero-order valence-electron chi connectivity index (χ0n) is 24.8. The molecule has 0 bridgehead atoms. The Morgan fingerprint density at radius 1 is 1.14 bits per heavy atom. The lowest BCUT2D eigenvalue weighted by Crippen LogP contribution is -2.51. The molecule has 226 valence electrons. The predicted molar refractivity (Wildman–Crippen MR) is 155 cm³/mol. The summed E-state index contributed by atoms with van der Waals surface area (Å²) in [5, 5.41) is 12.5. The van der Waals surface area contributed by atoms with E-state index < -0.39 is 42.0 Å². The number of hydrogen-bond donors (Lipinski definition) is 2. The molecule has 10 heteroatoms. The molecular formula is C33H36F2N4O4. The van der Waals surface area contributed by atoms with Gasteiger partial charge in [-0.3, -0.25) is 14.4 Å². The van der Waals surface area contributed by atoms with Gasteiger partial charge in [0.25, 0.3) is 5.91 Å². The smallest absolute Gasteiger partial charge is 0.305 e. The van der Waals surface area contributed by atoms with E-state index in [1.807, 2.05) is 50.5 Å². The minimum absolute atomic E-state index is 0.0930. The second kappa shape index (κ2) is 10.6. The summed E-state index contributed by atoms with van der Waals surface area (Å²) in [6.07, 6.45) is 3.63. The van der Waals surface area contributed by atoms with Crippen LogP contribution in [-0.4, -0.2) is 49.9 Å². The summed E-state index contributed by atoms with van der Waals surface area (Å²) in [5.41, 5.74) is 2.78. The summed E-state index contributed by atoms with van der Waals surface area (Å²) in [5.74, 6) is -3.70.